The summed E-state index contributed by atoms with van der Waals surface area (Å²) in [5.41, 5.74) is 1.85. The highest BCUT2D eigenvalue weighted by molar-refractivity contribution is 5.81. The number of amides is 1. The fraction of sp³-hybridized carbons (Fsp3) is 0.364. The summed E-state index contributed by atoms with van der Waals surface area (Å²) < 4.78 is 41.3. The molecule has 0 aliphatic carbocycles. The molecule has 4 nitrogen and oxygen atoms in total. The zero-order chi connectivity index (χ0) is 20.4. The van der Waals surface area contributed by atoms with Gasteiger partial charge in [0.1, 0.15) is 6.54 Å². The second kappa shape index (κ2) is 7.89. The largest absolute Gasteiger partial charge is 0.449 e. The summed E-state index contributed by atoms with van der Waals surface area (Å²) in [6, 6.07) is 16.6. The number of piperidine rings is 1. The van der Waals surface area contributed by atoms with E-state index < -0.39 is 12.0 Å². The molecule has 0 saturated carbocycles. The summed E-state index contributed by atoms with van der Waals surface area (Å²) >= 11 is 0. The molecule has 0 radical (unpaired) electrons. The van der Waals surface area contributed by atoms with Gasteiger partial charge in [0.25, 0.3) is 0 Å². The lowest BCUT2D eigenvalue weighted by Crippen LogP contribution is -2.41. The average Bonchev–Trinajstić information content (AvgIpc) is 3.08. The molecule has 0 spiro atoms. The standard InChI is InChI=1S/C22H22F3N3O/c23-22(24,25)21-26-18-8-4-5-9-19(18)28(21)15-20(29)27-12-10-17(11-13-27)14-16-6-2-1-3-7-16/h1-9,17H,10-15H2. The summed E-state index contributed by atoms with van der Waals surface area (Å²) in [4.78, 5) is 18.1. The van der Waals surface area contributed by atoms with Crippen LogP contribution in [0.25, 0.3) is 11.0 Å². The molecular weight excluding hydrogens is 379 g/mol. The Hall–Kier alpha value is -2.83. The van der Waals surface area contributed by atoms with Gasteiger partial charge in [-0.25, -0.2) is 4.98 Å². The predicted molar refractivity (Wildman–Crippen MR) is 104 cm³/mol. The molecule has 1 fully saturated rings. The SMILES string of the molecule is O=C(Cn1c(C(F)(F)F)nc2ccccc21)N1CCC(Cc2ccccc2)CC1. The maximum atomic E-state index is 13.4. The zero-order valence-corrected chi connectivity index (χ0v) is 15.9. The average molecular weight is 401 g/mol. The third-order valence-corrected chi connectivity index (χ3v) is 5.54. The summed E-state index contributed by atoms with van der Waals surface area (Å²) in [6.07, 6.45) is -1.93. The van der Waals surface area contributed by atoms with E-state index in [1.54, 1.807) is 23.1 Å². The molecule has 7 heteroatoms. The van der Waals surface area contributed by atoms with Crippen LogP contribution < -0.4 is 0 Å². The Labute approximate surface area is 167 Å². The van der Waals surface area contributed by atoms with Crippen molar-refractivity contribution in [3.05, 3.63) is 66.0 Å². The molecule has 1 amide bonds. The number of para-hydroxylation sites is 2. The van der Waals surface area contributed by atoms with E-state index in [-0.39, 0.29) is 18.0 Å². The summed E-state index contributed by atoms with van der Waals surface area (Å²) in [5, 5.41) is 0. The molecule has 0 N–H and O–H groups in total. The number of imidazole rings is 1. The minimum atomic E-state index is -4.61. The van der Waals surface area contributed by atoms with Crippen LogP contribution in [0.15, 0.2) is 54.6 Å². The molecule has 1 aliphatic rings. The fourth-order valence-corrected chi connectivity index (χ4v) is 4.02. The van der Waals surface area contributed by atoms with Crippen molar-refractivity contribution >= 4 is 16.9 Å². The molecule has 1 aliphatic heterocycles. The van der Waals surface area contributed by atoms with Crippen LogP contribution in [0.4, 0.5) is 13.2 Å². The van der Waals surface area contributed by atoms with Gasteiger partial charge < -0.3 is 9.47 Å². The number of hydrogen-bond acceptors (Lipinski definition) is 2. The van der Waals surface area contributed by atoms with Gasteiger partial charge in [-0.15, -0.1) is 0 Å². The predicted octanol–water partition coefficient (Wildman–Crippen LogP) is 4.54. The molecule has 29 heavy (non-hydrogen) atoms. The topological polar surface area (TPSA) is 38.1 Å². The lowest BCUT2D eigenvalue weighted by atomic mass is 9.90. The molecule has 0 unspecified atom stereocenters. The van der Waals surface area contributed by atoms with Crippen LogP contribution in [0.2, 0.25) is 0 Å². The van der Waals surface area contributed by atoms with Crippen LogP contribution in [0, 0.1) is 5.92 Å². The van der Waals surface area contributed by atoms with Gasteiger partial charge >= 0.3 is 6.18 Å². The number of halogens is 3. The molecule has 2 heterocycles. The quantitative estimate of drug-likeness (QED) is 0.644. The molecular formula is C22H22F3N3O. The highest BCUT2D eigenvalue weighted by Gasteiger charge is 2.38. The van der Waals surface area contributed by atoms with Crippen LogP contribution in [-0.2, 0) is 23.9 Å². The van der Waals surface area contributed by atoms with Crippen LogP contribution in [0.3, 0.4) is 0 Å². The number of rotatable bonds is 4. The number of likely N-dealkylation sites (tertiary alicyclic amines) is 1. The van der Waals surface area contributed by atoms with E-state index in [4.69, 9.17) is 0 Å². The van der Waals surface area contributed by atoms with E-state index in [1.807, 2.05) is 18.2 Å². The Kier molecular flexibility index (Phi) is 5.30. The van der Waals surface area contributed by atoms with Gasteiger partial charge in [0.05, 0.1) is 11.0 Å². The number of hydrogen-bond donors (Lipinski definition) is 0. The number of aromatic nitrogens is 2. The third kappa shape index (κ3) is 4.28. The van der Waals surface area contributed by atoms with Crippen molar-refractivity contribution in [3.8, 4) is 0 Å². The van der Waals surface area contributed by atoms with Crippen molar-refractivity contribution in [1.82, 2.24) is 14.5 Å². The first-order chi connectivity index (χ1) is 13.9. The number of fused-ring (bicyclic) bond motifs is 1. The van der Waals surface area contributed by atoms with E-state index in [0.29, 0.717) is 24.5 Å². The lowest BCUT2D eigenvalue weighted by Gasteiger charge is -2.32. The third-order valence-electron chi connectivity index (χ3n) is 5.54. The number of carbonyl (C=O) groups is 1. The Morgan fingerprint density at radius 2 is 1.66 bits per heavy atom. The molecule has 0 atom stereocenters. The Morgan fingerprint density at radius 1 is 1.00 bits per heavy atom. The van der Waals surface area contributed by atoms with Gasteiger partial charge in [0.2, 0.25) is 11.7 Å². The second-order valence-electron chi connectivity index (χ2n) is 7.52. The smallest absolute Gasteiger partial charge is 0.341 e. The van der Waals surface area contributed by atoms with Crippen molar-refractivity contribution < 1.29 is 18.0 Å². The van der Waals surface area contributed by atoms with Gasteiger partial charge in [-0.3, -0.25) is 4.79 Å². The molecule has 1 saturated heterocycles. The van der Waals surface area contributed by atoms with Crippen molar-refractivity contribution in [2.45, 2.75) is 32.0 Å². The fourth-order valence-electron chi connectivity index (χ4n) is 4.02. The second-order valence-corrected chi connectivity index (χ2v) is 7.52. The number of alkyl halides is 3. The zero-order valence-electron chi connectivity index (χ0n) is 15.9. The first-order valence-electron chi connectivity index (χ1n) is 9.76. The van der Waals surface area contributed by atoms with Crippen LogP contribution in [0.1, 0.15) is 24.2 Å². The van der Waals surface area contributed by atoms with Crippen molar-refractivity contribution in [1.29, 1.82) is 0 Å². The van der Waals surface area contributed by atoms with Gasteiger partial charge in [-0.05, 0) is 42.9 Å². The summed E-state index contributed by atoms with van der Waals surface area (Å²) in [5.74, 6) is -0.830. The number of carbonyl (C=O) groups excluding carboxylic acids is 1. The number of benzene rings is 2. The molecule has 0 bridgehead atoms. The monoisotopic (exact) mass is 401 g/mol. The van der Waals surface area contributed by atoms with E-state index >= 15 is 0 Å². The van der Waals surface area contributed by atoms with E-state index in [1.165, 1.54) is 11.6 Å². The maximum absolute atomic E-state index is 13.4. The van der Waals surface area contributed by atoms with E-state index in [2.05, 4.69) is 17.1 Å². The van der Waals surface area contributed by atoms with E-state index in [0.717, 1.165) is 23.8 Å². The molecule has 1 aromatic heterocycles. The minimum Gasteiger partial charge on any atom is -0.341 e. The summed E-state index contributed by atoms with van der Waals surface area (Å²) in [7, 11) is 0. The van der Waals surface area contributed by atoms with Crippen molar-refractivity contribution in [3.63, 3.8) is 0 Å². The molecule has 152 valence electrons. The van der Waals surface area contributed by atoms with Gasteiger partial charge in [0, 0.05) is 13.1 Å². The number of nitrogens with zero attached hydrogens (tertiary/aromatic N) is 3. The van der Waals surface area contributed by atoms with Crippen LogP contribution >= 0.6 is 0 Å². The van der Waals surface area contributed by atoms with Crippen LogP contribution in [-0.4, -0.2) is 33.4 Å². The molecule has 2 aromatic carbocycles. The van der Waals surface area contributed by atoms with Gasteiger partial charge in [-0.1, -0.05) is 42.5 Å². The lowest BCUT2D eigenvalue weighted by molar-refractivity contribution is -0.148. The van der Waals surface area contributed by atoms with Crippen molar-refractivity contribution in [2.75, 3.05) is 13.1 Å². The Morgan fingerprint density at radius 3 is 2.34 bits per heavy atom. The Bertz CT molecular complexity index is 989. The first kappa shape index (κ1) is 19.5. The van der Waals surface area contributed by atoms with Crippen molar-refractivity contribution in [2.24, 2.45) is 5.92 Å². The van der Waals surface area contributed by atoms with E-state index in [9.17, 15) is 18.0 Å². The summed E-state index contributed by atoms with van der Waals surface area (Å²) in [6.45, 7) is 0.799. The Balaban J connectivity index is 1.44. The highest BCUT2D eigenvalue weighted by Crippen LogP contribution is 2.31. The maximum Gasteiger partial charge on any atom is 0.449 e. The minimum absolute atomic E-state index is 0.245. The normalized spacial score (nSPS) is 15.8. The first-order valence-corrected chi connectivity index (χ1v) is 9.76. The van der Waals surface area contributed by atoms with Gasteiger partial charge in [-0.2, -0.15) is 13.2 Å². The highest BCUT2D eigenvalue weighted by atomic mass is 19.4. The van der Waals surface area contributed by atoms with Gasteiger partial charge in [0.15, 0.2) is 0 Å². The molecule has 4 rings (SSSR count). The van der Waals surface area contributed by atoms with Crippen LogP contribution in [0.5, 0.6) is 0 Å². The molecule has 3 aromatic rings.